The quantitative estimate of drug-likeness (QED) is 0.611. The highest BCUT2D eigenvalue weighted by Gasteiger charge is 2.21. The number of rotatable bonds is 4. The number of amides is 1. The number of carbonyl (C=O) groups is 1. The predicted molar refractivity (Wildman–Crippen MR) is 93.9 cm³/mol. The first-order valence-electron chi connectivity index (χ1n) is 7.61. The summed E-state index contributed by atoms with van der Waals surface area (Å²) in [5, 5.41) is 4.76. The van der Waals surface area contributed by atoms with Crippen LogP contribution in [0.2, 0.25) is 0 Å². The molecule has 3 aromatic heterocycles. The van der Waals surface area contributed by atoms with E-state index in [1.165, 1.54) is 23.5 Å². The number of hydrogen-bond acceptors (Lipinski definition) is 4. The van der Waals surface area contributed by atoms with Gasteiger partial charge in [0, 0.05) is 36.1 Å². The summed E-state index contributed by atoms with van der Waals surface area (Å²) in [6, 6.07) is 9.75. The van der Waals surface area contributed by atoms with Crippen LogP contribution >= 0.6 is 11.3 Å². The number of nitrogens with one attached hydrogen (secondary N) is 1. The minimum Gasteiger partial charge on any atom is -0.346 e. The molecule has 0 fully saturated rings. The zero-order valence-electron chi connectivity index (χ0n) is 13.0. The second-order valence-electron chi connectivity index (χ2n) is 5.42. The molecule has 5 nitrogen and oxygen atoms in total. The molecule has 1 N–H and O–H groups in total. The van der Waals surface area contributed by atoms with Crippen molar-refractivity contribution in [2.45, 2.75) is 6.54 Å². The Morgan fingerprint density at radius 2 is 2.08 bits per heavy atom. The van der Waals surface area contributed by atoms with E-state index in [0.717, 1.165) is 11.1 Å². The van der Waals surface area contributed by atoms with E-state index < -0.39 is 0 Å². The Balaban J connectivity index is 1.69. The molecular weight excluding hydrogens is 339 g/mol. The van der Waals surface area contributed by atoms with Crippen LogP contribution in [0.5, 0.6) is 0 Å². The third-order valence-electron chi connectivity index (χ3n) is 3.77. The van der Waals surface area contributed by atoms with Crippen molar-refractivity contribution in [1.82, 2.24) is 19.7 Å². The maximum absolute atomic E-state index is 13.2. The molecule has 124 valence electrons. The van der Waals surface area contributed by atoms with Gasteiger partial charge in [-0.1, -0.05) is 6.07 Å². The smallest absolute Gasteiger partial charge is 0.272 e. The molecule has 25 heavy (non-hydrogen) atoms. The molecule has 4 aromatic rings. The Morgan fingerprint density at radius 1 is 1.24 bits per heavy atom. The van der Waals surface area contributed by atoms with Gasteiger partial charge in [-0.3, -0.25) is 14.2 Å². The van der Waals surface area contributed by atoms with E-state index in [1.54, 1.807) is 24.5 Å². The topological polar surface area (TPSA) is 59.3 Å². The van der Waals surface area contributed by atoms with Gasteiger partial charge in [0.25, 0.3) is 5.91 Å². The van der Waals surface area contributed by atoms with E-state index in [-0.39, 0.29) is 11.7 Å². The van der Waals surface area contributed by atoms with E-state index in [4.69, 9.17) is 0 Å². The molecule has 7 heteroatoms. The van der Waals surface area contributed by atoms with Crippen molar-refractivity contribution in [2.75, 3.05) is 0 Å². The molecule has 0 saturated carbocycles. The van der Waals surface area contributed by atoms with Crippen molar-refractivity contribution < 1.29 is 9.18 Å². The lowest BCUT2D eigenvalue weighted by Gasteiger charge is -2.06. The minimum absolute atomic E-state index is 0.279. The second kappa shape index (κ2) is 6.45. The normalized spacial score (nSPS) is 10.9. The first kappa shape index (κ1) is 15.5. The van der Waals surface area contributed by atoms with Gasteiger partial charge >= 0.3 is 0 Å². The number of halogens is 1. The number of benzene rings is 1. The number of aromatic nitrogens is 3. The Hall–Kier alpha value is -3.06. The number of hydrogen-bond donors (Lipinski definition) is 1. The first-order valence-corrected chi connectivity index (χ1v) is 8.49. The fourth-order valence-electron chi connectivity index (χ4n) is 2.60. The summed E-state index contributed by atoms with van der Waals surface area (Å²) >= 11 is 1.44. The molecule has 1 amide bonds. The molecule has 0 radical (unpaired) electrons. The lowest BCUT2D eigenvalue weighted by Crippen LogP contribution is -2.24. The fourth-order valence-corrected chi connectivity index (χ4v) is 3.31. The van der Waals surface area contributed by atoms with Crippen molar-refractivity contribution in [3.63, 3.8) is 0 Å². The highest BCUT2D eigenvalue weighted by atomic mass is 32.1. The third-order valence-corrected chi connectivity index (χ3v) is 4.53. The molecule has 0 unspecified atom stereocenters. The van der Waals surface area contributed by atoms with Gasteiger partial charge in [-0.25, -0.2) is 9.37 Å². The maximum atomic E-state index is 13.2. The van der Waals surface area contributed by atoms with Crippen LogP contribution in [0.15, 0.2) is 60.4 Å². The van der Waals surface area contributed by atoms with Crippen LogP contribution in [0.3, 0.4) is 0 Å². The summed E-state index contributed by atoms with van der Waals surface area (Å²) in [7, 11) is 0. The Labute approximate surface area is 146 Å². The Bertz CT molecular complexity index is 1020. The molecular formula is C18H13FN4OS. The average molecular weight is 352 g/mol. The molecule has 0 aliphatic carbocycles. The van der Waals surface area contributed by atoms with Crippen LogP contribution in [0, 0.1) is 5.82 Å². The van der Waals surface area contributed by atoms with Crippen molar-refractivity contribution in [1.29, 1.82) is 0 Å². The lowest BCUT2D eigenvalue weighted by molar-refractivity contribution is 0.0947. The van der Waals surface area contributed by atoms with Gasteiger partial charge in [0.15, 0.2) is 10.7 Å². The maximum Gasteiger partial charge on any atom is 0.272 e. The van der Waals surface area contributed by atoms with Crippen molar-refractivity contribution in [2.24, 2.45) is 0 Å². The van der Waals surface area contributed by atoms with Gasteiger partial charge in [-0.2, -0.15) is 0 Å². The largest absolute Gasteiger partial charge is 0.346 e. The van der Waals surface area contributed by atoms with Gasteiger partial charge < -0.3 is 5.32 Å². The lowest BCUT2D eigenvalue weighted by atomic mass is 10.1. The Kier molecular flexibility index (Phi) is 3.99. The number of fused-ring (bicyclic) bond motifs is 1. The van der Waals surface area contributed by atoms with E-state index in [0.29, 0.717) is 22.9 Å². The first-order chi connectivity index (χ1) is 12.2. The minimum atomic E-state index is -0.322. The summed E-state index contributed by atoms with van der Waals surface area (Å²) in [4.78, 5) is 21.9. The summed E-state index contributed by atoms with van der Waals surface area (Å²) in [6.07, 6.45) is 5.23. The summed E-state index contributed by atoms with van der Waals surface area (Å²) in [5.41, 5.74) is 2.61. The predicted octanol–water partition coefficient (Wildman–Crippen LogP) is 3.53. The number of nitrogens with zero attached hydrogens (tertiary/aromatic N) is 3. The van der Waals surface area contributed by atoms with E-state index in [9.17, 15) is 9.18 Å². The van der Waals surface area contributed by atoms with Gasteiger partial charge in [-0.15, -0.1) is 11.3 Å². The highest BCUT2D eigenvalue weighted by Crippen LogP contribution is 2.27. The number of imidazole rings is 1. The van der Waals surface area contributed by atoms with Gasteiger partial charge in [0.2, 0.25) is 0 Å². The van der Waals surface area contributed by atoms with Crippen LogP contribution < -0.4 is 5.32 Å². The van der Waals surface area contributed by atoms with Crippen molar-refractivity contribution in [3.8, 4) is 11.3 Å². The van der Waals surface area contributed by atoms with Crippen LogP contribution in [-0.2, 0) is 6.54 Å². The molecule has 0 atom stereocenters. The van der Waals surface area contributed by atoms with E-state index >= 15 is 0 Å². The monoisotopic (exact) mass is 352 g/mol. The van der Waals surface area contributed by atoms with Gasteiger partial charge in [0.1, 0.15) is 5.82 Å². The fraction of sp³-hybridized carbons (Fsp3) is 0.0556. The standard InChI is InChI=1S/C18H13FN4OS/c19-14-5-3-13(4-6-14)16-15(22-18-23(16)8-9-25-18)17(24)21-11-12-2-1-7-20-10-12/h1-10H,11H2,(H,21,24). The molecule has 1 aromatic carbocycles. The molecule has 3 heterocycles. The average Bonchev–Trinajstić information content (AvgIpc) is 3.22. The summed E-state index contributed by atoms with van der Waals surface area (Å²) < 4.78 is 15.1. The third kappa shape index (κ3) is 3.01. The van der Waals surface area contributed by atoms with Crippen molar-refractivity contribution in [3.05, 3.63) is 77.4 Å². The second-order valence-corrected chi connectivity index (χ2v) is 6.29. The highest BCUT2D eigenvalue weighted by molar-refractivity contribution is 7.15. The zero-order valence-corrected chi connectivity index (χ0v) is 13.8. The molecule has 4 rings (SSSR count). The zero-order chi connectivity index (χ0) is 17.2. The molecule has 0 bridgehead atoms. The van der Waals surface area contributed by atoms with Crippen molar-refractivity contribution >= 4 is 22.2 Å². The number of thiazole rings is 1. The SMILES string of the molecule is O=C(NCc1cccnc1)c1nc2sccn2c1-c1ccc(F)cc1. The Morgan fingerprint density at radius 3 is 2.84 bits per heavy atom. The van der Waals surface area contributed by atoms with Gasteiger partial charge in [-0.05, 0) is 35.9 Å². The van der Waals surface area contributed by atoms with E-state index in [1.807, 2.05) is 28.1 Å². The summed E-state index contributed by atoms with van der Waals surface area (Å²) in [5.74, 6) is -0.600. The number of pyridine rings is 1. The molecule has 0 aliphatic heterocycles. The molecule has 0 saturated heterocycles. The number of carbonyl (C=O) groups excluding carboxylic acids is 1. The summed E-state index contributed by atoms with van der Waals surface area (Å²) in [6.45, 7) is 0.362. The van der Waals surface area contributed by atoms with Crippen LogP contribution in [0.1, 0.15) is 16.1 Å². The van der Waals surface area contributed by atoms with E-state index in [2.05, 4.69) is 15.3 Å². The van der Waals surface area contributed by atoms with Crippen LogP contribution in [0.25, 0.3) is 16.2 Å². The van der Waals surface area contributed by atoms with Gasteiger partial charge in [0.05, 0.1) is 5.69 Å². The molecule has 0 aliphatic rings. The molecule has 0 spiro atoms. The van der Waals surface area contributed by atoms with Crippen LogP contribution in [-0.4, -0.2) is 20.3 Å². The van der Waals surface area contributed by atoms with Crippen LogP contribution in [0.4, 0.5) is 4.39 Å².